The van der Waals surface area contributed by atoms with Crippen molar-refractivity contribution < 1.29 is 17.6 Å². The summed E-state index contributed by atoms with van der Waals surface area (Å²) in [4.78, 5) is 26.6. The summed E-state index contributed by atoms with van der Waals surface area (Å²) in [6.45, 7) is 2.17. The second kappa shape index (κ2) is 8.48. The molecule has 8 nitrogen and oxygen atoms in total. The van der Waals surface area contributed by atoms with Gasteiger partial charge in [-0.3, -0.25) is 9.78 Å². The van der Waals surface area contributed by atoms with Crippen molar-refractivity contribution in [3.05, 3.63) is 72.1 Å². The minimum absolute atomic E-state index is 0.0187. The van der Waals surface area contributed by atoms with Crippen LogP contribution in [0.2, 0.25) is 0 Å². The zero-order valence-corrected chi connectivity index (χ0v) is 17.6. The van der Waals surface area contributed by atoms with Gasteiger partial charge in [-0.25, -0.2) is 22.8 Å². The van der Waals surface area contributed by atoms with E-state index in [0.717, 1.165) is 5.56 Å². The molecule has 1 aliphatic heterocycles. The number of rotatable bonds is 4. The van der Waals surface area contributed by atoms with Crippen molar-refractivity contribution in [1.82, 2.24) is 24.2 Å². The molecule has 1 fully saturated rings. The molecule has 4 rings (SSSR count). The van der Waals surface area contributed by atoms with Crippen LogP contribution in [0.5, 0.6) is 0 Å². The van der Waals surface area contributed by atoms with Gasteiger partial charge in [0.25, 0.3) is 5.91 Å². The van der Waals surface area contributed by atoms with E-state index in [9.17, 15) is 17.6 Å². The number of halogens is 1. The molecule has 1 aromatic carbocycles. The molecule has 2 aromatic heterocycles. The Labute approximate surface area is 179 Å². The molecule has 1 saturated heterocycles. The molecular weight excluding hydrogens is 421 g/mol. The van der Waals surface area contributed by atoms with Crippen LogP contribution in [-0.4, -0.2) is 64.7 Å². The first-order chi connectivity index (χ1) is 14.9. The molecule has 0 unspecified atom stereocenters. The normalized spacial score (nSPS) is 15.1. The molecule has 1 aliphatic rings. The summed E-state index contributed by atoms with van der Waals surface area (Å²) in [6, 6.07) is 9.25. The van der Waals surface area contributed by atoms with Gasteiger partial charge in [0, 0.05) is 44.1 Å². The molecule has 0 saturated carbocycles. The number of pyridine rings is 1. The van der Waals surface area contributed by atoms with E-state index < -0.39 is 21.7 Å². The molecule has 0 spiro atoms. The van der Waals surface area contributed by atoms with Gasteiger partial charge in [-0.1, -0.05) is 12.1 Å². The van der Waals surface area contributed by atoms with Gasteiger partial charge >= 0.3 is 0 Å². The third kappa shape index (κ3) is 4.17. The number of aryl methyl sites for hydroxylation is 1. The first kappa shape index (κ1) is 21.0. The van der Waals surface area contributed by atoms with Gasteiger partial charge in [-0.05, 0) is 31.2 Å². The first-order valence-electron chi connectivity index (χ1n) is 9.66. The largest absolute Gasteiger partial charge is 0.336 e. The predicted molar refractivity (Wildman–Crippen MR) is 111 cm³/mol. The maximum Gasteiger partial charge on any atom is 0.256 e. The lowest BCUT2D eigenvalue weighted by atomic mass is 10.1. The average molecular weight is 441 g/mol. The Balaban J connectivity index is 1.49. The molecule has 0 radical (unpaired) electrons. The van der Waals surface area contributed by atoms with Gasteiger partial charge < -0.3 is 4.90 Å². The molecule has 3 heterocycles. The fourth-order valence-electron chi connectivity index (χ4n) is 3.42. The van der Waals surface area contributed by atoms with Crippen LogP contribution in [0.3, 0.4) is 0 Å². The Morgan fingerprint density at radius 1 is 1.03 bits per heavy atom. The van der Waals surface area contributed by atoms with Gasteiger partial charge in [-0.2, -0.15) is 4.31 Å². The highest BCUT2D eigenvalue weighted by atomic mass is 32.2. The number of benzene rings is 1. The molecule has 160 valence electrons. The average Bonchev–Trinajstić information content (AvgIpc) is 2.79. The van der Waals surface area contributed by atoms with Crippen molar-refractivity contribution >= 4 is 15.9 Å². The highest BCUT2D eigenvalue weighted by molar-refractivity contribution is 7.89. The topological polar surface area (TPSA) is 96.4 Å². The van der Waals surface area contributed by atoms with Crippen LogP contribution in [0, 0.1) is 12.7 Å². The van der Waals surface area contributed by atoms with E-state index in [1.54, 1.807) is 37.5 Å². The molecule has 31 heavy (non-hydrogen) atoms. The third-order valence-electron chi connectivity index (χ3n) is 5.12. The second-order valence-electron chi connectivity index (χ2n) is 7.06. The zero-order chi connectivity index (χ0) is 22.0. The van der Waals surface area contributed by atoms with Crippen molar-refractivity contribution in [2.45, 2.75) is 11.8 Å². The van der Waals surface area contributed by atoms with E-state index in [4.69, 9.17) is 0 Å². The van der Waals surface area contributed by atoms with Gasteiger partial charge in [0.1, 0.15) is 10.7 Å². The second-order valence-corrected chi connectivity index (χ2v) is 8.96. The Morgan fingerprint density at radius 2 is 1.71 bits per heavy atom. The summed E-state index contributed by atoms with van der Waals surface area (Å²) in [7, 11) is -3.83. The number of nitrogens with zero attached hydrogens (tertiary/aromatic N) is 5. The van der Waals surface area contributed by atoms with Gasteiger partial charge in [-0.15, -0.1) is 0 Å². The lowest BCUT2D eigenvalue weighted by Crippen LogP contribution is -2.50. The molecular formula is C21H20FN5O3S. The Bertz CT molecular complexity index is 1210. The summed E-state index contributed by atoms with van der Waals surface area (Å²) in [5.74, 6) is -0.625. The van der Waals surface area contributed by atoms with Crippen LogP contribution in [0.15, 0.2) is 59.9 Å². The number of carbonyl (C=O) groups excluding carboxylic acids is 1. The van der Waals surface area contributed by atoms with Gasteiger partial charge in [0.05, 0.1) is 17.5 Å². The quantitative estimate of drug-likeness (QED) is 0.616. The van der Waals surface area contributed by atoms with Crippen molar-refractivity contribution in [2.75, 3.05) is 26.2 Å². The Morgan fingerprint density at radius 3 is 2.35 bits per heavy atom. The molecule has 0 N–H and O–H groups in total. The molecule has 1 amide bonds. The standard InChI is InChI=1S/C21H20FN5O3S/c1-15-19(14-24-20(25-15)16-6-8-23-9-7-16)31(29,30)27-12-10-26(11-13-27)21(28)17-4-2-3-5-18(17)22/h2-9,14H,10-13H2,1H3. The number of carbonyl (C=O) groups is 1. The number of sulfonamides is 1. The van der Waals surface area contributed by atoms with Crippen LogP contribution in [0.1, 0.15) is 16.1 Å². The van der Waals surface area contributed by atoms with E-state index in [0.29, 0.717) is 11.5 Å². The van der Waals surface area contributed by atoms with Crippen LogP contribution in [0.25, 0.3) is 11.4 Å². The van der Waals surface area contributed by atoms with Crippen LogP contribution < -0.4 is 0 Å². The Kier molecular flexibility index (Phi) is 5.75. The summed E-state index contributed by atoms with van der Waals surface area (Å²) in [6.07, 6.45) is 4.53. The number of piperazine rings is 1. The van der Waals surface area contributed by atoms with Crippen LogP contribution >= 0.6 is 0 Å². The SMILES string of the molecule is Cc1nc(-c2ccncc2)ncc1S(=O)(=O)N1CCN(C(=O)c2ccccc2F)CC1. The van der Waals surface area contributed by atoms with Crippen LogP contribution in [-0.2, 0) is 10.0 Å². The van der Waals surface area contributed by atoms with E-state index in [1.165, 1.54) is 33.6 Å². The summed E-state index contributed by atoms with van der Waals surface area (Å²) in [5.41, 5.74) is 1.06. The third-order valence-corrected chi connectivity index (χ3v) is 7.12. The molecule has 10 heteroatoms. The molecule has 0 aliphatic carbocycles. The fourth-order valence-corrected chi connectivity index (χ4v) is 4.95. The monoisotopic (exact) mass is 441 g/mol. The summed E-state index contributed by atoms with van der Waals surface area (Å²) < 4.78 is 41.5. The fraction of sp³-hybridized carbons (Fsp3) is 0.238. The highest BCUT2D eigenvalue weighted by Gasteiger charge is 2.32. The van der Waals surface area contributed by atoms with Crippen molar-refractivity contribution in [3.63, 3.8) is 0 Å². The van der Waals surface area contributed by atoms with Crippen molar-refractivity contribution in [2.24, 2.45) is 0 Å². The lowest BCUT2D eigenvalue weighted by molar-refractivity contribution is 0.0693. The van der Waals surface area contributed by atoms with E-state index in [-0.39, 0.29) is 36.6 Å². The predicted octanol–water partition coefficient (Wildman–Crippen LogP) is 2.13. The minimum atomic E-state index is -3.83. The van der Waals surface area contributed by atoms with Crippen LogP contribution in [0.4, 0.5) is 4.39 Å². The molecule has 0 bridgehead atoms. The van der Waals surface area contributed by atoms with E-state index in [2.05, 4.69) is 15.0 Å². The van der Waals surface area contributed by atoms with Crippen molar-refractivity contribution in [3.8, 4) is 11.4 Å². The molecule has 3 aromatic rings. The highest BCUT2D eigenvalue weighted by Crippen LogP contribution is 2.23. The number of hydrogen-bond donors (Lipinski definition) is 0. The summed E-state index contributed by atoms with van der Waals surface area (Å²) >= 11 is 0. The number of hydrogen-bond acceptors (Lipinski definition) is 6. The summed E-state index contributed by atoms with van der Waals surface area (Å²) in [5, 5.41) is 0. The zero-order valence-electron chi connectivity index (χ0n) is 16.8. The van der Waals surface area contributed by atoms with E-state index in [1.807, 2.05) is 0 Å². The smallest absolute Gasteiger partial charge is 0.256 e. The number of aromatic nitrogens is 3. The number of amides is 1. The van der Waals surface area contributed by atoms with Crippen molar-refractivity contribution in [1.29, 1.82) is 0 Å². The molecule has 0 atom stereocenters. The Hall–Kier alpha value is -3.24. The van der Waals surface area contributed by atoms with E-state index >= 15 is 0 Å². The lowest BCUT2D eigenvalue weighted by Gasteiger charge is -2.34. The first-order valence-corrected chi connectivity index (χ1v) is 11.1. The minimum Gasteiger partial charge on any atom is -0.336 e. The van der Waals surface area contributed by atoms with Gasteiger partial charge in [0.15, 0.2) is 5.82 Å². The maximum atomic E-state index is 13.9. The van der Waals surface area contributed by atoms with Gasteiger partial charge in [0.2, 0.25) is 10.0 Å². The maximum absolute atomic E-state index is 13.9.